The highest BCUT2D eigenvalue weighted by Gasteiger charge is 2.43. The number of ether oxygens (including phenoxy) is 2. The summed E-state index contributed by atoms with van der Waals surface area (Å²) in [6, 6.07) is 18.6. The Kier molecular flexibility index (Phi) is 8.73. The number of anilines is 1. The van der Waals surface area contributed by atoms with E-state index in [9.17, 15) is 9.59 Å². The first-order chi connectivity index (χ1) is 21.0. The van der Waals surface area contributed by atoms with Gasteiger partial charge in [0.2, 0.25) is 0 Å². The first-order valence-corrected chi connectivity index (χ1v) is 16.8. The molecule has 8 heteroatoms. The zero-order valence-electron chi connectivity index (χ0n) is 25.5. The molecule has 0 bridgehead atoms. The maximum atomic E-state index is 15.3. The molecule has 6 rings (SSSR count). The predicted octanol–water partition coefficient (Wildman–Crippen LogP) is 8.50. The quantitative estimate of drug-likeness (QED) is 0.253. The summed E-state index contributed by atoms with van der Waals surface area (Å²) in [6.45, 7) is 7.44. The number of carbonyl (C=O) groups is 2. The second-order valence-corrected chi connectivity index (χ2v) is 14.9. The van der Waals surface area contributed by atoms with E-state index in [0.717, 1.165) is 59.7 Å². The lowest BCUT2D eigenvalue weighted by molar-refractivity contribution is 0.00691. The number of carbonyl (C=O) groups excluding carboxylic acids is 2. The molecule has 0 amide bonds. The fourth-order valence-corrected chi connectivity index (χ4v) is 8.33. The minimum absolute atomic E-state index is 0.173. The summed E-state index contributed by atoms with van der Waals surface area (Å²) in [4.78, 5) is 29.3. The molecule has 2 aliphatic carbocycles. The van der Waals surface area contributed by atoms with Crippen LogP contribution in [0.5, 0.6) is 0 Å². The van der Waals surface area contributed by atoms with Gasteiger partial charge in [0.05, 0.1) is 28.4 Å². The van der Waals surface area contributed by atoms with Gasteiger partial charge in [0.15, 0.2) is 0 Å². The van der Waals surface area contributed by atoms with Crippen molar-refractivity contribution < 1.29 is 23.5 Å². The molecule has 1 saturated carbocycles. The molecular formula is C36H39ClFNO4S. The molecule has 1 fully saturated rings. The van der Waals surface area contributed by atoms with Gasteiger partial charge < -0.3 is 14.4 Å². The number of nitrogens with zero attached hydrogens (tertiary/aromatic N) is 1. The van der Waals surface area contributed by atoms with Gasteiger partial charge >= 0.3 is 11.9 Å². The van der Waals surface area contributed by atoms with E-state index >= 15 is 4.39 Å². The minimum Gasteiger partial charge on any atom is -0.462 e. The van der Waals surface area contributed by atoms with Crippen LogP contribution in [0, 0.1) is 17.7 Å². The Morgan fingerprint density at radius 3 is 2.52 bits per heavy atom. The molecule has 3 aliphatic rings. The Bertz CT molecular complexity index is 1560. The highest BCUT2D eigenvalue weighted by atomic mass is 35.5. The van der Waals surface area contributed by atoms with Crippen molar-refractivity contribution in [3.8, 4) is 0 Å². The second-order valence-electron chi connectivity index (χ2n) is 13.4. The summed E-state index contributed by atoms with van der Waals surface area (Å²) >= 11 is 8.00. The first kappa shape index (κ1) is 31.0. The molecule has 44 heavy (non-hydrogen) atoms. The van der Waals surface area contributed by atoms with Crippen molar-refractivity contribution in [2.45, 2.75) is 68.8 Å². The molecule has 1 heterocycles. The van der Waals surface area contributed by atoms with Crippen LogP contribution >= 0.6 is 23.4 Å². The van der Waals surface area contributed by atoms with Crippen LogP contribution in [-0.4, -0.2) is 43.0 Å². The summed E-state index contributed by atoms with van der Waals surface area (Å²) < 4.78 is 26.8. The van der Waals surface area contributed by atoms with Gasteiger partial charge in [0.1, 0.15) is 11.4 Å². The van der Waals surface area contributed by atoms with Crippen LogP contribution in [0.15, 0.2) is 65.6 Å². The second kappa shape index (κ2) is 12.4. The Morgan fingerprint density at radius 2 is 1.80 bits per heavy atom. The zero-order chi connectivity index (χ0) is 31.1. The first-order valence-electron chi connectivity index (χ1n) is 15.5. The van der Waals surface area contributed by atoms with Crippen LogP contribution in [0.3, 0.4) is 0 Å². The molecule has 5 nitrogen and oxygen atoms in total. The molecule has 0 saturated heterocycles. The molecule has 3 aromatic carbocycles. The number of thioether (sulfide) groups is 1. The Labute approximate surface area is 268 Å². The summed E-state index contributed by atoms with van der Waals surface area (Å²) in [5.74, 6) is 0.433. The number of rotatable bonds is 6. The van der Waals surface area contributed by atoms with E-state index in [1.54, 1.807) is 30.0 Å². The lowest BCUT2D eigenvalue weighted by Gasteiger charge is -2.45. The molecule has 232 valence electrons. The van der Waals surface area contributed by atoms with E-state index < -0.39 is 5.60 Å². The lowest BCUT2D eigenvalue weighted by Crippen LogP contribution is -2.48. The fraction of sp³-hybridized carbons (Fsp3) is 0.444. The van der Waals surface area contributed by atoms with Crippen molar-refractivity contribution in [1.29, 1.82) is 0 Å². The molecule has 3 aromatic rings. The normalized spacial score (nSPS) is 22.8. The zero-order valence-corrected chi connectivity index (χ0v) is 27.1. The fourth-order valence-electron chi connectivity index (χ4n) is 6.83. The predicted molar refractivity (Wildman–Crippen MR) is 174 cm³/mol. The van der Waals surface area contributed by atoms with Crippen molar-refractivity contribution in [2.24, 2.45) is 11.8 Å². The van der Waals surface area contributed by atoms with Crippen LogP contribution in [0.1, 0.15) is 78.3 Å². The molecule has 0 radical (unpaired) electrons. The van der Waals surface area contributed by atoms with Gasteiger partial charge in [-0.3, -0.25) is 0 Å². The number of halogens is 2. The summed E-state index contributed by atoms with van der Waals surface area (Å²) in [7, 11) is 0. The van der Waals surface area contributed by atoms with Crippen LogP contribution in [-0.2, 0) is 21.3 Å². The van der Waals surface area contributed by atoms with Gasteiger partial charge in [0.25, 0.3) is 0 Å². The molecular weight excluding hydrogens is 597 g/mol. The number of hydrogen-bond acceptors (Lipinski definition) is 6. The standard InChI is InChI=1S/C36H39ClFNO4S/c1-35(2,3)43-34(41)24-13-16-31-30(18-24)39(19-25-11-12-26(25)20-42-33(40)23-8-5-4-6-9-23)21-36(22-44-31)17-7-10-27-28(36)14-15-29(37)32(27)38/h4-6,8-9,13-16,18,25-26H,7,10-12,17,19-22H2,1-3H3/t25-,26-,36?/m0/s1. The van der Waals surface area contributed by atoms with E-state index in [1.807, 2.05) is 63.2 Å². The summed E-state index contributed by atoms with van der Waals surface area (Å²) in [5.41, 5.74) is 2.99. The number of hydrogen-bond donors (Lipinski definition) is 0. The van der Waals surface area contributed by atoms with Crippen LogP contribution in [0.25, 0.3) is 0 Å². The van der Waals surface area contributed by atoms with Crippen molar-refractivity contribution in [2.75, 3.05) is 30.3 Å². The van der Waals surface area contributed by atoms with E-state index in [0.29, 0.717) is 36.6 Å². The van der Waals surface area contributed by atoms with Crippen molar-refractivity contribution >= 4 is 41.0 Å². The van der Waals surface area contributed by atoms with Gasteiger partial charge in [-0.25, -0.2) is 14.0 Å². The summed E-state index contributed by atoms with van der Waals surface area (Å²) in [5, 5.41) is 0.173. The SMILES string of the molecule is CC(C)(C)OC(=O)c1ccc2c(c1)N(C[C@@H]1CC[C@H]1COC(=O)c1ccccc1)CC1(CCCc3c1ccc(Cl)c3F)CS2. The monoisotopic (exact) mass is 635 g/mol. The summed E-state index contributed by atoms with van der Waals surface area (Å²) in [6.07, 6.45) is 4.55. The van der Waals surface area contributed by atoms with Crippen molar-refractivity contribution in [1.82, 2.24) is 0 Å². The lowest BCUT2D eigenvalue weighted by atomic mass is 9.69. The van der Waals surface area contributed by atoms with E-state index in [4.69, 9.17) is 21.1 Å². The minimum atomic E-state index is -0.601. The third-order valence-corrected chi connectivity index (χ3v) is 10.9. The molecule has 1 spiro atoms. The van der Waals surface area contributed by atoms with Gasteiger partial charge in [-0.15, -0.1) is 11.8 Å². The average Bonchev–Trinajstić information content (AvgIpc) is 3.14. The topological polar surface area (TPSA) is 55.8 Å². The maximum Gasteiger partial charge on any atom is 0.338 e. The van der Waals surface area contributed by atoms with Crippen molar-refractivity contribution in [3.05, 3.63) is 93.8 Å². The van der Waals surface area contributed by atoms with Crippen LogP contribution < -0.4 is 4.90 Å². The van der Waals surface area contributed by atoms with E-state index in [-0.39, 0.29) is 34.1 Å². The highest BCUT2D eigenvalue weighted by molar-refractivity contribution is 7.99. The Balaban J connectivity index is 1.30. The van der Waals surface area contributed by atoms with Gasteiger partial charge in [0, 0.05) is 29.2 Å². The molecule has 0 aromatic heterocycles. The van der Waals surface area contributed by atoms with Crippen LogP contribution in [0.2, 0.25) is 5.02 Å². The number of esters is 2. The third kappa shape index (κ3) is 6.36. The van der Waals surface area contributed by atoms with Gasteiger partial charge in [-0.1, -0.05) is 35.9 Å². The van der Waals surface area contributed by atoms with Gasteiger partial charge in [-0.2, -0.15) is 0 Å². The van der Waals surface area contributed by atoms with E-state index in [1.165, 1.54) is 0 Å². The maximum absolute atomic E-state index is 15.3. The Hall–Kier alpha value is -3.03. The largest absolute Gasteiger partial charge is 0.462 e. The Morgan fingerprint density at radius 1 is 1.02 bits per heavy atom. The van der Waals surface area contributed by atoms with Crippen LogP contribution in [0.4, 0.5) is 10.1 Å². The molecule has 3 atom stereocenters. The molecule has 1 aliphatic heterocycles. The molecule has 0 N–H and O–H groups in total. The average molecular weight is 636 g/mol. The van der Waals surface area contributed by atoms with E-state index in [2.05, 4.69) is 4.90 Å². The number of benzene rings is 3. The van der Waals surface area contributed by atoms with Gasteiger partial charge in [-0.05, 0) is 112 Å². The number of fused-ring (bicyclic) bond motifs is 3. The highest BCUT2D eigenvalue weighted by Crippen LogP contribution is 2.49. The third-order valence-electron chi connectivity index (χ3n) is 9.25. The smallest absolute Gasteiger partial charge is 0.338 e. The molecule has 1 unspecified atom stereocenters. The van der Waals surface area contributed by atoms with Crippen molar-refractivity contribution in [3.63, 3.8) is 0 Å².